The van der Waals surface area contributed by atoms with Crippen molar-refractivity contribution < 1.29 is 4.79 Å². The van der Waals surface area contributed by atoms with Crippen molar-refractivity contribution in [3.63, 3.8) is 0 Å². The Hall–Kier alpha value is -0.530. The summed E-state index contributed by atoms with van der Waals surface area (Å²) >= 11 is 0. The zero-order chi connectivity index (χ0) is 10.3. The van der Waals surface area contributed by atoms with Crippen molar-refractivity contribution in [3.8, 4) is 0 Å². The summed E-state index contributed by atoms with van der Waals surface area (Å²) in [6, 6.07) is 0. The third-order valence-electron chi connectivity index (χ3n) is 5.61. The molecule has 0 aliphatic heterocycles. The molecule has 3 aliphatic carbocycles. The first kappa shape index (κ1) is 8.75. The van der Waals surface area contributed by atoms with Crippen LogP contribution < -0.4 is 5.73 Å². The highest BCUT2D eigenvalue weighted by Gasteiger charge is 2.74. The maximum atomic E-state index is 11.2. The molecule has 0 aromatic rings. The van der Waals surface area contributed by atoms with Crippen molar-refractivity contribution in [2.45, 2.75) is 33.6 Å². The summed E-state index contributed by atoms with van der Waals surface area (Å²) < 4.78 is 0. The van der Waals surface area contributed by atoms with E-state index in [1.54, 1.807) is 0 Å². The summed E-state index contributed by atoms with van der Waals surface area (Å²) in [7, 11) is 0. The molecule has 5 atom stereocenters. The van der Waals surface area contributed by atoms with Gasteiger partial charge >= 0.3 is 0 Å². The molecule has 1 amide bonds. The van der Waals surface area contributed by atoms with E-state index in [0.29, 0.717) is 11.3 Å². The fourth-order valence-corrected chi connectivity index (χ4v) is 4.35. The molecule has 3 saturated carbocycles. The molecule has 0 aromatic heterocycles. The third-order valence-corrected chi connectivity index (χ3v) is 5.61. The van der Waals surface area contributed by atoms with Gasteiger partial charge in [-0.2, -0.15) is 0 Å². The van der Waals surface area contributed by atoms with E-state index in [1.165, 1.54) is 12.8 Å². The number of carbonyl (C=O) groups is 1. The molecule has 3 aliphatic rings. The molecule has 14 heavy (non-hydrogen) atoms. The molecule has 2 N–H and O–H groups in total. The van der Waals surface area contributed by atoms with E-state index in [1.807, 2.05) is 0 Å². The van der Waals surface area contributed by atoms with Crippen LogP contribution in [0.15, 0.2) is 0 Å². The highest BCUT2D eigenvalue weighted by atomic mass is 16.1. The van der Waals surface area contributed by atoms with E-state index in [-0.39, 0.29) is 17.2 Å². The lowest BCUT2D eigenvalue weighted by Gasteiger charge is -2.15. The lowest BCUT2D eigenvalue weighted by atomic mass is 9.89. The number of rotatable bonds is 1. The number of amides is 1. The Bertz CT molecular complexity index is 322. The van der Waals surface area contributed by atoms with Crippen LogP contribution in [0.4, 0.5) is 0 Å². The first-order valence-corrected chi connectivity index (χ1v) is 5.68. The second-order valence-corrected chi connectivity index (χ2v) is 6.47. The van der Waals surface area contributed by atoms with E-state index >= 15 is 0 Å². The van der Waals surface area contributed by atoms with E-state index in [9.17, 15) is 4.79 Å². The first-order chi connectivity index (χ1) is 6.39. The Morgan fingerprint density at radius 3 is 2.36 bits per heavy atom. The molecule has 0 bridgehead atoms. The molecule has 3 rings (SSSR count). The number of hydrogen-bond donors (Lipinski definition) is 1. The van der Waals surface area contributed by atoms with Crippen molar-refractivity contribution in [1.29, 1.82) is 0 Å². The molecule has 0 aromatic carbocycles. The number of nitrogens with two attached hydrogens (primary N) is 1. The second-order valence-electron chi connectivity index (χ2n) is 6.47. The molecule has 0 saturated heterocycles. The molecule has 0 radical (unpaired) electrons. The van der Waals surface area contributed by atoms with Gasteiger partial charge in [0.2, 0.25) is 5.91 Å². The highest BCUT2D eigenvalue weighted by molar-refractivity contribution is 5.81. The van der Waals surface area contributed by atoms with Crippen LogP contribution in [0, 0.1) is 34.5 Å². The smallest absolute Gasteiger partial charge is 0.221 e. The van der Waals surface area contributed by atoms with Gasteiger partial charge in [-0.25, -0.2) is 0 Å². The SMILES string of the molecule is CC12C[C@H]3[C@@H](CC1C2C(N)=O)C3(C)C. The Morgan fingerprint density at radius 1 is 1.21 bits per heavy atom. The maximum absolute atomic E-state index is 11.2. The molecule has 78 valence electrons. The number of fused-ring (bicyclic) bond motifs is 2. The highest BCUT2D eigenvalue weighted by Crippen LogP contribution is 2.78. The number of carbonyl (C=O) groups excluding carboxylic acids is 1. The average Bonchev–Trinajstić information content (AvgIpc) is 2.81. The van der Waals surface area contributed by atoms with Crippen LogP contribution in [-0.2, 0) is 4.79 Å². The van der Waals surface area contributed by atoms with Gasteiger partial charge in [-0.05, 0) is 41.4 Å². The Labute approximate surface area is 85.2 Å². The lowest BCUT2D eigenvalue weighted by Crippen LogP contribution is -2.17. The van der Waals surface area contributed by atoms with Crippen molar-refractivity contribution in [2.24, 2.45) is 40.2 Å². The van der Waals surface area contributed by atoms with Gasteiger partial charge in [0.25, 0.3) is 0 Å². The first-order valence-electron chi connectivity index (χ1n) is 5.68. The lowest BCUT2D eigenvalue weighted by molar-refractivity contribution is -0.120. The summed E-state index contributed by atoms with van der Waals surface area (Å²) in [6.07, 6.45) is 2.49. The zero-order valence-corrected chi connectivity index (χ0v) is 9.21. The van der Waals surface area contributed by atoms with Crippen LogP contribution in [0.5, 0.6) is 0 Å². The number of primary amides is 1. The second kappa shape index (κ2) is 2.02. The van der Waals surface area contributed by atoms with Crippen LogP contribution in [0.3, 0.4) is 0 Å². The monoisotopic (exact) mass is 193 g/mol. The largest absolute Gasteiger partial charge is 0.369 e. The zero-order valence-electron chi connectivity index (χ0n) is 9.21. The molecule has 3 unspecified atom stereocenters. The van der Waals surface area contributed by atoms with Crippen LogP contribution in [0.1, 0.15) is 33.6 Å². The number of hydrogen-bond acceptors (Lipinski definition) is 1. The summed E-state index contributed by atoms with van der Waals surface area (Å²) in [5, 5.41) is 0. The minimum atomic E-state index is -0.0587. The van der Waals surface area contributed by atoms with Crippen LogP contribution >= 0.6 is 0 Å². The average molecular weight is 193 g/mol. The molecular weight excluding hydrogens is 174 g/mol. The van der Waals surface area contributed by atoms with Crippen LogP contribution in [0.2, 0.25) is 0 Å². The fourth-order valence-electron chi connectivity index (χ4n) is 4.35. The standard InChI is InChI=1S/C12H19NO/c1-11(2)6-4-7-9(10(13)14)12(7,3)5-8(6)11/h6-9H,4-5H2,1-3H3,(H2,13,14)/t6-,7?,8+,9?,12?/m1/s1. The topological polar surface area (TPSA) is 43.1 Å². The van der Waals surface area contributed by atoms with Gasteiger partial charge in [0.05, 0.1) is 0 Å². The van der Waals surface area contributed by atoms with Gasteiger partial charge in [-0.3, -0.25) is 4.79 Å². The Balaban J connectivity index is 1.81. The maximum Gasteiger partial charge on any atom is 0.221 e. The third kappa shape index (κ3) is 0.768. The molecule has 2 heteroatoms. The van der Waals surface area contributed by atoms with Crippen molar-refractivity contribution in [3.05, 3.63) is 0 Å². The molecule has 0 spiro atoms. The Kier molecular flexibility index (Phi) is 1.27. The van der Waals surface area contributed by atoms with E-state index < -0.39 is 0 Å². The van der Waals surface area contributed by atoms with E-state index in [4.69, 9.17) is 5.73 Å². The predicted molar refractivity (Wildman–Crippen MR) is 54.3 cm³/mol. The molecule has 2 nitrogen and oxygen atoms in total. The van der Waals surface area contributed by atoms with Gasteiger partial charge in [-0.1, -0.05) is 20.8 Å². The quantitative estimate of drug-likeness (QED) is 0.678. The van der Waals surface area contributed by atoms with E-state index in [0.717, 1.165) is 11.8 Å². The molecule has 3 fully saturated rings. The minimum Gasteiger partial charge on any atom is -0.369 e. The summed E-state index contributed by atoms with van der Waals surface area (Å²) in [4.78, 5) is 11.2. The normalized spacial score (nSPS) is 57.1. The van der Waals surface area contributed by atoms with Gasteiger partial charge in [0.15, 0.2) is 0 Å². The van der Waals surface area contributed by atoms with Gasteiger partial charge in [0.1, 0.15) is 0 Å². The van der Waals surface area contributed by atoms with Crippen LogP contribution in [0.25, 0.3) is 0 Å². The summed E-state index contributed by atoms with van der Waals surface area (Å²) in [5.41, 5.74) is 6.26. The van der Waals surface area contributed by atoms with Crippen molar-refractivity contribution >= 4 is 5.91 Å². The molecule has 0 heterocycles. The van der Waals surface area contributed by atoms with Crippen molar-refractivity contribution in [1.82, 2.24) is 0 Å². The predicted octanol–water partition coefficient (Wildman–Crippen LogP) is 1.79. The summed E-state index contributed by atoms with van der Waals surface area (Å²) in [6.45, 7) is 7.00. The summed E-state index contributed by atoms with van der Waals surface area (Å²) in [5.74, 6) is 2.50. The van der Waals surface area contributed by atoms with Crippen molar-refractivity contribution in [2.75, 3.05) is 0 Å². The van der Waals surface area contributed by atoms with E-state index in [2.05, 4.69) is 20.8 Å². The fraction of sp³-hybridized carbons (Fsp3) is 0.917. The van der Waals surface area contributed by atoms with Gasteiger partial charge in [-0.15, -0.1) is 0 Å². The minimum absolute atomic E-state index is 0.0587. The van der Waals surface area contributed by atoms with Crippen LogP contribution in [-0.4, -0.2) is 5.91 Å². The Morgan fingerprint density at radius 2 is 1.86 bits per heavy atom. The molecular formula is C12H19NO. The van der Waals surface area contributed by atoms with Gasteiger partial charge in [0, 0.05) is 5.92 Å². The van der Waals surface area contributed by atoms with Gasteiger partial charge < -0.3 is 5.73 Å².